The molecule has 0 saturated heterocycles. The van der Waals surface area contributed by atoms with Crippen molar-refractivity contribution in [2.45, 2.75) is 184 Å². The summed E-state index contributed by atoms with van der Waals surface area (Å²) in [5.41, 5.74) is 13.7. The van der Waals surface area contributed by atoms with Crippen LogP contribution in [0.1, 0.15) is 199 Å². The van der Waals surface area contributed by atoms with Crippen LogP contribution in [0.25, 0.3) is 0 Å². The molecule has 5 heteroatoms. The van der Waals surface area contributed by atoms with E-state index in [4.69, 9.17) is 0 Å². The molecule has 0 aromatic heterocycles. The largest absolute Gasteiger partial charge is 0.357 e. The van der Waals surface area contributed by atoms with Crippen LogP contribution in [-0.4, -0.2) is 0 Å². The van der Waals surface area contributed by atoms with Gasteiger partial charge in [-0.1, -0.05) is 265 Å². The fourth-order valence-electron chi connectivity index (χ4n) is 9.27. The summed E-state index contributed by atoms with van der Waals surface area (Å²) in [4.78, 5) is 0. The van der Waals surface area contributed by atoms with E-state index < -0.39 is 0 Å². The molecule has 0 aliphatic carbocycles. The van der Waals surface area contributed by atoms with E-state index in [9.17, 15) is 0 Å². The summed E-state index contributed by atoms with van der Waals surface area (Å²) < 4.78 is 14.9. The quantitative estimate of drug-likeness (QED) is 0.0960. The van der Waals surface area contributed by atoms with Crippen molar-refractivity contribution in [3.8, 4) is 0 Å². The van der Waals surface area contributed by atoms with E-state index in [1.165, 1.54) is 85.8 Å². The van der Waals surface area contributed by atoms with Gasteiger partial charge in [-0.2, -0.15) is 0 Å². The van der Waals surface area contributed by atoms with Gasteiger partial charge in [-0.25, -0.2) is 0 Å². The Morgan fingerprint density at radius 3 is 0.613 bits per heavy atom. The summed E-state index contributed by atoms with van der Waals surface area (Å²) in [7, 11) is 0. The highest BCUT2D eigenvalue weighted by Gasteiger charge is 2.23. The maximum atomic E-state index is 2.31. The SMILES string of the molecule is CC(C)(C)c1ccc([I+]c2ccc(C(C)(C)C)cc2)cc1.CC(C)(C)c1ccc([I+]c2ccccc2)cc1.CC(C)c1ccc([I+]c2ccc(C(C)(C)C)cc2)cc1.CCc1ccc([I+]c2ccc(C(C)C)cc2)cc1.Cc1ccc([I+]c2ccc(C(C)C)cc2)cc1. The van der Waals surface area contributed by atoms with Crippen molar-refractivity contribution in [3.63, 3.8) is 0 Å². The molecule has 0 amide bonds. The zero-order valence-electron chi connectivity index (χ0n) is 59.5. The van der Waals surface area contributed by atoms with Gasteiger partial charge >= 0.3 is 106 Å². The molecule has 10 rings (SSSR count). The van der Waals surface area contributed by atoms with E-state index >= 15 is 0 Å². The molecule has 0 unspecified atom stereocenters. The van der Waals surface area contributed by atoms with Gasteiger partial charge in [-0.3, -0.25) is 0 Å². The van der Waals surface area contributed by atoms with E-state index in [0.29, 0.717) is 17.8 Å². The minimum Gasteiger partial charge on any atom is -0.0619 e. The molecule has 488 valence electrons. The van der Waals surface area contributed by atoms with E-state index in [0.717, 1.165) is 6.42 Å². The summed E-state index contributed by atoms with van der Waals surface area (Å²) in [6.07, 6.45) is 1.13. The molecule has 0 bridgehead atoms. The van der Waals surface area contributed by atoms with Crippen molar-refractivity contribution in [2.24, 2.45) is 0 Å². The lowest BCUT2D eigenvalue weighted by Crippen LogP contribution is -3.61. The first-order valence-corrected chi connectivity index (χ1v) is 43.9. The van der Waals surface area contributed by atoms with Crippen LogP contribution in [0.3, 0.4) is 0 Å². The van der Waals surface area contributed by atoms with Crippen LogP contribution in [0.5, 0.6) is 0 Å². The Bertz CT molecular complexity index is 3650. The minimum atomic E-state index is -0.0703. The monoisotopic (exact) mass is 1800 g/mol. The van der Waals surface area contributed by atoms with Crippen LogP contribution in [-0.2, 0) is 28.1 Å². The lowest BCUT2D eigenvalue weighted by Gasteiger charge is -2.18. The molecule has 0 heterocycles. The fraction of sp³-hybridized carbons (Fsp3) is 0.318. The van der Waals surface area contributed by atoms with Crippen LogP contribution >= 0.6 is 0 Å². The van der Waals surface area contributed by atoms with E-state index in [1.807, 2.05) is 0 Å². The van der Waals surface area contributed by atoms with Crippen LogP contribution in [0.15, 0.2) is 249 Å². The van der Waals surface area contributed by atoms with Crippen molar-refractivity contribution in [1.29, 1.82) is 0 Å². The Kier molecular flexibility index (Phi) is 31.4. The van der Waals surface area contributed by atoms with E-state index in [2.05, 4.69) is 387 Å². The predicted molar refractivity (Wildman–Crippen MR) is 383 cm³/mol. The number of benzene rings is 10. The van der Waals surface area contributed by atoms with Gasteiger partial charge in [0.25, 0.3) is 0 Å². The molecule has 0 atom stereocenters. The number of rotatable bonds is 14. The van der Waals surface area contributed by atoms with Gasteiger partial charge in [-0.15, -0.1) is 0 Å². The summed E-state index contributed by atoms with van der Waals surface area (Å²) in [5.74, 6) is 1.87. The smallest absolute Gasteiger partial charge is 0.0619 e. The van der Waals surface area contributed by atoms with Crippen LogP contribution in [0.4, 0.5) is 0 Å². The third-order valence-corrected chi connectivity index (χ3v) is 29.0. The number of halogens is 5. The summed E-state index contributed by atoms with van der Waals surface area (Å²) in [5, 5.41) is 0. The molecule has 0 aliphatic rings. The molecule has 0 saturated carbocycles. The van der Waals surface area contributed by atoms with Gasteiger partial charge in [0, 0.05) is 0 Å². The maximum absolute atomic E-state index is 2.31. The minimum absolute atomic E-state index is 0.0167. The Balaban J connectivity index is 0.000000185. The van der Waals surface area contributed by atoms with Gasteiger partial charge in [0.15, 0.2) is 35.7 Å². The molecule has 93 heavy (non-hydrogen) atoms. The first-order chi connectivity index (χ1) is 43.9. The summed E-state index contributed by atoms with van der Waals surface area (Å²) in [6, 6.07) is 93.0. The van der Waals surface area contributed by atoms with Gasteiger partial charge in [0.05, 0.1) is 0 Å². The third kappa shape index (κ3) is 28.1. The number of hydrogen-bond donors (Lipinski definition) is 0. The first kappa shape index (κ1) is 77.9. The topological polar surface area (TPSA) is 0 Å². The normalized spacial score (nSPS) is 11.6. The summed E-state index contributed by atoms with van der Waals surface area (Å²) >= 11 is -0.183. The summed E-state index contributed by atoms with van der Waals surface area (Å²) in [6.45, 7) is 45.0. The number of aryl methyl sites for hydroxylation is 2. The second-order valence-electron chi connectivity index (χ2n) is 28.7. The standard InChI is InChI=1S/C20H26I.C19H24I.C17H20I.2C16H18I/c1-19(2,3)15-7-11-17(12-8-15)21-18-13-9-16(10-14-18)20(4,5)6;1-14(2)15-6-10-17(11-7-15)20-18-12-8-16(9-13-18)19(3,4)5;1-4-14-5-9-16(10-6-14)18-17-11-7-15(8-12-17)13(2)3;1-12(2)14-6-10-16(11-7-14)17-15-8-4-13(3)5-9-15;1-16(2,3)13-9-11-15(12-10-13)17-14-7-5-4-6-8-14/h7-14H,1-6H3;6-14H,1-5H3;5-13H,4H2,1-3H3;2*4-12H,1-3H3/q5*+1. The van der Waals surface area contributed by atoms with Crippen molar-refractivity contribution in [3.05, 3.63) is 334 Å². The number of hydrogen-bond acceptors (Lipinski definition) is 0. The zero-order valence-corrected chi connectivity index (χ0v) is 70.3. The Morgan fingerprint density at radius 2 is 0.419 bits per heavy atom. The second-order valence-corrected chi connectivity index (χ2v) is 43.8. The molecule has 10 aromatic rings. The average molecular weight is 1800 g/mol. The maximum Gasteiger partial charge on any atom is 0.357 e. The average Bonchev–Trinajstić information content (AvgIpc) is 1.12. The van der Waals surface area contributed by atoms with Crippen molar-refractivity contribution < 1.29 is 106 Å². The van der Waals surface area contributed by atoms with Crippen LogP contribution in [0.2, 0.25) is 0 Å². The van der Waals surface area contributed by atoms with Gasteiger partial charge < -0.3 is 0 Å². The Morgan fingerprint density at radius 1 is 0.237 bits per heavy atom. The van der Waals surface area contributed by atoms with Crippen molar-refractivity contribution in [1.82, 2.24) is 0 Å². The van der Waals surface area contributed by atoms with Crippen molar-refractivity contribution >= 4 is 0 Å². The Labute approximate surface area is 617 Å². The van der Waals surface area contributed by atoms with Gasteiger partial charge in [0.2, 0.25) is 0 Å². The van der Waals surface area contributed by atoms with Crippen LogP contribution in [0, 0.1) is 42.6 Å². The lowest BCUT2D eigenvalue weighted by atomic mass is 9.87. The molecule has 0 nitrogen and oxygen atoms in total. The molecular weight excluding hydrogens is 1690 g/mol. The molecule has 10 aromatic carbocycles. The molecular formula is C88H106I5+5. The predicted octanol–water partition coefficient (Wildman–Crippen LogP) is 8.51. The fourth-order valence-corrected chi connectivity index (χ4v) is 20.1. The second kappa shape index (κ2) is 37.5. The molecule has 0 fully saturated rings. The highest BCUT2D eigenvalue weighted by Crippen LogP contribution is 2.24. The highest BCUT2D eigenvalue weighted by atomic mass is 127. The highest BCUT2D eigenvalue weighted by molar-refractivity contribution is 5.27. The van der Waals surface area contributed by atoms with E-state index in [1.54, 1.807) is 0 Å². The van der Waals surface area contributed by atoms with Gasteiger partial charge in [-0.05, 0) is 219 Å². The zero-order chi connectivity index (χ0) is 67.9. The molecule has 0 radical (unpaired) electrons. The first-order valence-electron chi connectivity index (χ1n) is 33.1. The Hall–Kier alpha value is -4.15. The molecule has 0 spiro atoms. The third-order valence-electron chi connectivity index (χ3n) is 15.6. The van der Waals surface area contributed by atoms with Crippen molar-refractivity contribution in [2.75, 3.05) is 0 Å². The molecule has 0 N–H and O–H groups in total. The van der Waals surface area contributed by atoms with Gasteiger partial charge in [0.1, 0.15) is 0 Å². The lowest BCUT2D eigenvalue weighted by molar-refractivity contribution is -0.597. The van der Waals surface area contributed by atoms with Crippen LogP contribution < -0.4 is 106 Å². The van der Waals surface area contributed by atoms with E-state index in [-0.39, 0.29) is 128 Å². The molecule has 0 aliphatic heterocycles.